The van der Waals surface area contributed by atoms with Crippen LogP contribution in [-0.2, 0) is 11.3 Å². The molecule has 2 aromatic carbocycles. The van der Waals surface area contributed by atoms with E-state index in [-0.39, 0.29) is 5.91 Å². The smallest absolute Gasteiger partial charge is 0.272 e. The standard InChI is InChI=1S/C21H21ClN2O3S2/c1-26-17-12-16-19(13-18(17)27-2)29-21(24(16)10-11-28-3)23-20(25)9-8-14-6-4-5-7-15(14)22/h4-9,12-13H,10-11H2,1-3H3/b9-8+,23-21?. The van der Waals surface area contributed by atoms with E-state index in [4.69, 9.17) is 21.1 Å². The molecule has 3 aromatic rings. The number of carbonyl (C=O) groups excluding carboxylic acids is 1. The Bertz CT molecular complexity index is 1120. The fourth-order valence-corrected chi connectivity index (χ4v) is 4.42. The van der Waals surface area contributed by atoms with Crippen LogP contribution in [-0.4, -0.2) is 36.7 Å². The lowest BCUT2D eigenvalue weighted by atomic mass is 10.2. The summed E-state index contributed by atoms with van der Waals surface area (Å²) in [6, 6.07) is 11.2. The molecule has 152 valence electrons. The lowest BCUT2D eigenvalue weighted by Gasteiger charge is -2.09. The third-order valence-electron chi connectivity index (χ3n) is 4.22. The lowest BCUT2D eigenvalue weighted by molar-refractivity contribution is -0.113. The summed E-state index contributed by atoms with van der Waals surface area (Å²) in [6.07, 6.45) is 5.17. The fourth-order valence-electron chi connectivity index (χ4n) is 2.78. The molecule has 0 aliphatic rings. The molecular weight excluding hydrogens is 428 g/mol. The van der Waals surface area contributed by atoms with Gasteiger partial charge >= 0.3 is 0 Å². The predicted octanol–water partition coefficient (Wildman–Crippen LogP) is 4.88. The quantitative estimate of drug-likeness (QED) is 0.483. The second kappa shape index (κ2) is 10.0. The van der Waals surface area contributed by atoms with Gasteiger partial charge in [0.1, 0.15) is 0 Å². The van der Waals surface area contributed by atoms with E-state index in [2.05, 4.69) is 4.99 Å². The van der Waals surface area contributed by atoms with Gasteiger partial charge in [-0.2, -0.15) is 16.8 Å². The molecule has 0 bridgehead atoms. The van der Waals surface area contributed by atoms with Crippen LogP contribution in [0.15, 0.2) is 47.5 Å². The lowest BCUT2D eigenvalue weighted by Crippen LogP contribution is -2.17. The summed E-state index contributed by atoms with van der Waals surface area (Å²) in [5.74, 6) is 1.85. The van der Waals surface area contributed by atoms with Crippen LogP contribution in [0.5, 0.6) is 11.5 Å². The molecule has 29 heavy (non-hydrogen) atoms. The van der Waals surface area contributed by atoms with E-state index in [0.717, 1.165) is 28.1 Å². The molecule has 0 aliphatic heterocycles. The Morgan fingerprint density at radius 2 is 1.97 bits per heavy atom. The zero-order chi connectivity index (χ0) is 20.8. The molecule has 1 heterocycles. The van der Waals surface area contributed by atoms with E-state index in [9.17, 15) is 4.79 Å². The normalized spacial score (nSPS) is 12.1. The molecular formula is C21H21ClN2O3S2. The van der Waals surface area contributed by atoms with Crippen molar-refractivity contribution in [3.63, 3.8) is 0 Å². The Kier molecular flexibility index (Phi) is 7.41. The molecule has 0 fully saturated rings. The maximum atomic E-state index is 12.5. The number of hydrogen-bond donors (Lipinski definition) is 0. The zero-order valence-electron chi connectivity index (χ0n) is 16.3. The van der Waals surface area contributed by atoms with Gasteiger partial charge in [-0.25, -0.2) is 0 Å². The summed E-state index contributed by atoms with van der Waals surface area (Å²) in [5.41, 5.74) is 1.74. The second-order valence-corrected chi connectivity index (χ2v) is 8.41. The number of thiazole rings is 1. The van der Waals surface area contributed by atoms with Crippen LogP contribution in [0.2, 0.25) is 5.02 Å². The van der Waals surface area contributed by atoms with Crippen LogP contribution in [0.3, 0.4) is 0 Å². The van der Waals surface area contributed by atoms with Crippen LogP contribution in [0.4, 0.5) is 0 Å². The van der Waals surface area contributed by atoms with Gasteiger partial charge in [-0.1, -0.05) is 41.1 Å². The van der Waals surface area contributed by atoms with Crippen molar-refractivity contribution >= 4 is 56.9 Å². The topological polar surface area (TPSA) is 52.8 Å². The van der Waals surface area contributed by atoms with Crippen molar-refractivity contribution in [3.05, 3.63) is 57.9 Å². The number of fused-ring (bicyclic) bond motifs is 1. The van der Waals surface area contributed by atoms with Gasteiger partial charge < -0.3 is 14.0 Å². The van der Waals surface area contributed by atoms with Crippen molar-refractivity contribution < 1.29 is 14.3 Å². The summed E-state index contributed by atoms with van der Waals surface area (Å²) in [7, 11) is 3.21. The highest BCUT2D eigenvalue weighted by Crippen LogP contribution is 2.33. The first-order chi connectivity index (χ1) is 14.1. The number of halogens is 1. The molecule has 5 nitrogen and oxygen atoms in total. The number of methoxy groups -OCH3 is 2. The second-order valence-electron chi connectivity index (χ2n) is 6.01. The van der Waals surface area contributed by atoms with Gasteiger partial charge in [-0.3, -0.25) is 4.79 Å². The highest BCUT2D eigenvalue weighted by atomic mass is 35.5. The zero-order valence-corrected chi connectivity index (χ0v) is 18.7. The SMILES string of the molecule is COc1cc2sc(=NC(=O)/C=C/c3ccccc3Cl)n(CCSC)c2cc1OC. The maximum Gasteiger partial charge on any atom is 0.272 e. The van der Waals surface area contributed by atoms with Crippen molar-refractivity contribution in [2.75, 3.05) is 26.2 Å². The summed E-state index contributed by atoms with van der Waals surface area (Å²) in [6.45, 7) is 0.733. The average Bonchev–Trinajstić information content (AvgIpc) is 3.06. The highest BCUT2D eigenvalue weighted by Gasteiger charge is 2.13. The van der Waals surface area contributed by atoms with E-state index < -0.39 is 0 Å². The van der Waals surface area contributed by atoms with Crippen molar-refractivity contribution in [2.24, 2.45) is 4.99 Å². The summed E-state index contributed by atoms with van der Waals surface area (Å²) in [5, 5.41) is 0.590. The number of rotatable bonds is 7. The van der Waals surface area contributed by atoms with Gasteiger partial charge in [-0.15, -0.1) is 0 Å². The molecule has 0 radical (unpaired) electrons. The van der Waals surface area contributed by atoms with Gasteiger partial charge in [0.2, 0.25) is 0 Å². The van der Waals surface area contributed by atoms with E-state index in [0.29, 0.717) is 21.3 Å². The molecule has 0 aliphatic carbocycles. The van der Waals surface area contributed by atoms with Crippen LogP contribution < -0.4 is 14.3 Å². The van der Waals surface area contributed by atoms with Gasteiger partial charge in [-0.05, 0) is 24.0 Å². The minimum Gasteiger partial charge on any atom is -0.493 e. The van der Waals surface area contributed by atoms with Crippen LogP contribution in [0.1, 0.15) is 5.56 Å². The monoisotopic (exact) mass is 448 g/mol. The molecule has 0 N–H and O–H groups in total. The largest absolute Gasteiger partial charge is 0.493 e. The summed E-state index contributed by atoms with van der Waals surface area (Å²) < 4.78 is 13.9. The minimum atomic E-state index is -0.340. The molecule has 3 rings (SSSR count). The van der Waals surface area contributed by atoms with E-state index in [1.54, 1.807) is 38.1 Å². The Balaban J connectivity index is 2.04. The molecule has 0 saturated carbocycles. The number of hydrogen-bond acceptors (Lipinski definition) is 5. The van der Waals surface area contributed by atoms with E-state index in [1.165, 1.54) is 17.4 Å². The number of aryl methyl sites for hydroxylation is 1. The average molecular weight is 449 g/mol. The van der Waals surface area contributed by atoms with Gasteiger partial charge in [0.25, 0.3) is 5.91 Å². The van der Waals surface area contributed by atoms with E-state index >= 15 is 0 Å². The number of thioether (sulfide) groups is 1. The Labute approximate surface area is 182 Å². The van der Waals surface area contributed by atoms with E-state index in [1.807, 2.05) is 41.2 Å². The number of aromatic nitrogens is 1. The van der Waals surface area contributed by atoms with Gasteiger partial charge in [0.15, 0.2) is 16.3 Å². The molecule has 8 heteroatoms. The van der Waals surface area contributed by atoms with Crippen molar-refractivity contribution in [2.45, 2.75) is 6.54 Å². The Morgan fingerprint density at radius 1 is 1.24 bits per heavy atom. The van der Waals surface area contributed by atoms with Gasteiger partial charge in [0, 0.05) is 35.5 Å². The Morgan fingerprint density at radius 3 is 2.66 bits per heavy atom. The maximum absolute atomic E-state index is 12.5. The van der Waals surface area contributed by atoms with Crippen LogP contribution >= 0.6 is 34.7 Å². The van der Waals surface area contributed by atoms with Crippen LogP contribution in [0, 0.1) is 0 Å². The van der Waals surface area contributed by atoms with Crippen molar-refractivity contribution in [1.82, 2.24) is 4.57 Å². The molecule has 0 spiro atoms. The first-order valence-electron chi connectivity index (χ1n) is 8.83. The summed E-state index contributed by atoms with van der Waals surface area (Å²) >= 11 is 9.32. The molecule has 0 atom stereocenters. The molecule has 0 unspecified atom stereocenters. The predicted molar refractivity (Wildman–Crippen MR) is 122 cm³/mol. The third-order valence-corrected chi connectivity index (χ3v) is 6.20. The third kappa shape index (κ3) is 5.04. The fraction of sp³-hybridized carbons (Fsp3) is 0.238. The molecule has 0 saturated heterocycles. The number of amides is 1. The van der Waals surface area contributed by atoms with Gasteiger partial charge in [0.05, 0.1) is 24.4 Å². The Hall–Kier alpha value is -2.22. The summed E-state index contributed by atoms with van der Waals surface area (Å²) in [4.78, 5) is 17.5. The van der Waals surface area contributed by atoms with Crippen molar-refractivity contribution in [1.29, 1.82) is 0 Å². The molecule has 1 amide bonds. The number of ether oxygens (including phenoxy) is 2. The van der Waals surface area contributed by atoms with Crippen LogP contribution in [0.25, 0.3) is 16.3 Å². The van der Waals surface area contributed by atoms with Crippen molar-refractivity contribution in [3.8, 4) is 11.5 Å². The first kappa shape index (κ1) is 21.5. The minimum absolute atomic E-state index is 0.340. The number of benzene rings is 2. The first-order valence-corrected chi connectivity index (χ1v) is 11.4. The highest BCUT2D eigenvalue weighted by molar-refractivity contribution is 7.98. The number of carbonyl (C=O) groups is 1. The molecule has 1 aromatic heterocycles. The number of nitrogens with zero attached hydrogens (tertiary/aromatic N) is 2.